The molecule has 36 heavy (non-hydrogen) atoms. The van der Waals surface area contributed by atoms with E-state index in [1.165, 1.54) is 6.92 Å². The summed E-state index contributed by atoms with van der Waals surface area (Å²) in [5, 5.41) is 5.26. The molecular formula is C24H38N2O9Si. The lowest BCUT2D eigenvalue weighted by Crippen LogP contribution is -2.46. The Labute approximate surface area is 213 Å². The molecule has 1 aromatic rings. The molecule has 0 aromatic heterocycles. The van der Waals surface area contributed by atoms with Gasteiger partial charge in [0.15, 0.2) is 0 Å². The molecule has 202 valence electrons. The highest BCUT2D eigenvalue weighted by Crippen LogP contribution is 2.24. The highest BCUT2D eigenvalue weighted by atomic mass is 28.4. The first-order valence-corrected chi connectivity index (χ1v) is 13.8. The van der Waals surface area contributed by atoms with Gasteiger partial charge in [0.25, 0.3) is 0 Å². The van der Waals surface area contributed by atoms with Crippen molar-refractivity contribution < 1.29 is 41.9 Å². The number of carbonyl (C=O) groups excluding carboxylic acids is 3. The Morgan fingerprint density at radius 1 is 0.833 bits per heavy atom. The Morgan fingerprint density at radius 3 is 1.78 bits per heavy atom. The van der Waals surface area contributed by atoms with Crippen LogP contribution in [0.5, 0.6) is 0 Å². The van der Waals surface area contributed by atoms with E-state index in [0.29, 0.717) is 49.2 Å². The molecule has 0 bridgehead atoms. The summed E-state index contributed by atoms with van der Waals surface area (Å²) in [5.41, 5.74) is 1.78. The van der Waals surface area contributed by atoms with E-state index in [1.807, 2.05) is 20.8 Å². The number of benzene rings is 1. The van der Waals surface area contributed by atoms with Crippen LogP contribution in [0.3, 0.4) is 0 Å². The van der Waals surface area contributed by atoms with Gasteiger partial charge in [-0.1, -0.05) is 12.6 Å². The van der Waals surface area contributed by atoms with Crippen LogP contribution in [0.1, 0.15) is 39.7 Å². The summed E-state index contributed by atoms with van der Waals surface area (Å²) in [6.45, 7) is 13.8. The predicted octanol–water partition coefficient (Wildman–Crippen LogP) is 4.65. The van der Waals surface area contributed by atoms with Gasteiger partial charge in [0.05, 0.1) is 6.61 Å². The molecule has 0 aliphatic rings. The monoisotopic (exact) mass is 526 g/mol. The lowest BCUT2D eigenvalue weighted by molar-refractivity contribution is -0.139. The second kappa shape index (κ2) is 16.7. The van der Waals surface area contributed by atoms with Gasteiger partial charge in [-0.3, -0.25) is 10.6 Å². The standard InChI is InChI=1S/C24H38N2O9Si/c1-7-33-36(34-8-2,35-9-3)17-11-14-31-23(28)25-20-12-10-13-21(19(20)6)26-24(29)32-16-15-30-22(27)18(4)5/h10,12-13H,4,7-9,11,14-17H2,1-3,5-6H3,(H,25,28)(H,26,29). The highest BCUT2D eigenvalue weighted by molar-refractivity contribution is 6.60. The first kappa shape index (κ1) is 31.1. The predicted molar refractivity (Wildman–Crippen MR) is 137 cm³/mol. The molecule has 11 nitrogen and oxygen atoms in total. The number of anilines is 2. The fourth-order valence-corrected chi connectivity index (χ4v) is 5.63. The van der Waals surface area contributed by atoms with Crippen molar-refractivity contribution in [2.24, 2.45) is 0 Å². The zero-order valence-corrected chi connectivity index (χ0v) is 22.8. The van der Waals surface area contributed by atoms with Crippen molar-refractivity contribution in [1.82, 2.24) is 0 Å². The Bertz CT molecular complexity index is 862. The zero-order chi connectivity index (χ0) is 27.0. The number of carbonyl (C=O) groups is 3. The van der Waals surface area contributed by atoms with Crippen molar-refractivity contribution in [2.45, 2.75) is 47.1 Å². The van der Waals surface area contributed by atoms with Crippen molar-refractivity contribution in [1.29, 1.82) is 0 Å². The van der Waals surface area contributed by atoms with Gasteiger partial charge in [-0.2, -0.15) is 0 Å². The molecule has 1 rings (SSSR count). The van der Waals surface area contributed by atoms with Crippen LogP contribution >= 0.6 is 0 Å². The smallest absolute Gasteiger partial charge is 0.459 e. The maximum Gasteiger partial charge on any atom is 0.501 e. The van der Waals surface area contributed by atoms with Crippen LogP contribution in [0.25, 0.3) is 0 Å². The second-order valence-electron chi connectivity index (χ2n) is 7.50. The number of esters is 1. The lowest BCUT2D eigenvalue weighted by atomic mass is 10.1. The lowest BCUT2D eigenvalue weighted by Gasteiger charge is -2.28. The van der Waals surface area contributed by atoms with Crippen molar-refractivity contribution in [3.63, 3.8) is 0 Å². The van der Waals surface area contributed by atoms with Gasteiger partial charge < -0.3 is 27.5 Å². The summed E-state index contributed by atoms with van der Waals surface area (Å²) < 4.78 is 32.5. The Balaban J connectivity index is 2.53. The first-order valence-electron chi connectivity index (χ1n) is 11.9. The molecule has 0 unspecified atom stereocenters. The molecule has 2 N–H and O–H groups in total. The Morgan fingerprint density at radius 2 is 1.31 bits per heavy atom. The molecule has 12 heteroatoms. The number of ether oxygens (including phenoxy) is 3. The molecule has 0 heterocycles. The third-order valence-electron chi connectivity index (χ3n) is 4.66. The Kier molecular flexibility index (Phi) is 14.4. The summed E-state index contributed by atoms with van der Waals surface area (Å²) in [6.07, 6.45) is -0.836. The average molecular weight is 527 g/mol. The van der Waals surface area contributed by atoms with E-state index in [4.69, 9.17) is 27.5 Å². The third kappa shape index (κ3) is 11.2. The highest BCUT2D eigenvalue weighted by Gasteiger charge is 2.39. The van der Waals surface area contributed by atoms with Crippen LogP contribution in [-0.2, 0) is 32.3 Å². The third-order valence-corrected chi connectivity index (χ3v) is 7.81. The fourth-order valence-electron chi connectivity index (χ4n) is 3.05. The van der Waals surface area contributed by atoms with Crippen LogP contribution in [0.15, 0.2) is 30.4 Å². The zero-order valence-electron chi connectivity index (χ0n) is 21.8. The van der Waals surface area contributed by atoms with Crippen LogP contribution in [0.4, 0.5) is 21.0 Å². The Hall–Kier alpha value is -2.93. The van der Waals surface area contributed by atoms with Crippen LogP contribution in [0, 0.1) is 6.92 Å². The van der Waals surface area contributed by atoms with E-state index < -0.39 is 27.0 Å². The van der Waals surface area contributed by atoms with Gasteiger partial charge in [-0.15, -0.1) is 0 Å². The van der Waals surface area contributed by atoms with E-state index in [0.717, 1.165) is 0 Å². The number of hydrogen-bond donors (Lipinski definition) is 2. The van der Waals surface area contributed by atoms with Crippen molar-refractivity contribution in [3.8, 4) is 0 Å². The molecule has 0 saturated carbocycles. The van der Waals surface area contributed by atoms with E-state index >= 15 is 0 Å². The molecule has 0 saturated heterocycles. The maximum absolute atomic E-state index is 12.3. The SMILES string of the molecule is C=C(C)C(=O)OCCOC(=O)Nc1cccc(NC(=O)OCCC[Si](OCC)(OCC)OCC)c1C. The summed E-state index contributed by atoms with van der Waals surface area (Å²) in [6, 6.07) is 5.54. The molecule has 2 amide bonds. The number of amides is 2. The molecule has 0 aliphatic carbocycles. The van der Waals surface area contributed by atoms with Gasteiger partial charge in [0.1, 0.15) is 13.2 Å². The topological polar surface area (TPSA) is 131 Å². The number of nitrogens with one attached hydrogen (secondary N) is 2. The van der Waals surface area contributed by atoms with E-state index in [2.05, 4.69) is 17.2 Å². The van der Waals surface area contributed by atoms with Crippen LogP contribution < -0.4 is 10.6 Å². The molecule has 0 radical (unpaired) electrons. The molecular weight excluding hydrogens is 488 g/mol. The largest absolute Gasteiger partial charge is 0.501 e. The molecule has 0 spiro atoms. The molecule has 0 atom stereocenters. The van der Waals surface area contributed by atoms with Gasteiger partial charge in [-0.05, 0) is 58.7 Å². The minimum absolute atomic E-state index is 0.0884. The van der Waals surface area contributed by atoms with Crippen LogP contribution in [-0.4, -0.2) is 66.6 Å². The van der Waals surface area contributed by atoms with Gasteiger partial charge in [0, 0.05) is 42.8 Å². The van der Waals surface area contributed by atoms with Crippen molar-refractivity contribution >= 4 is 38.3 Å². The normalized spacial score (nSPS) is 10.9. The average Bonchev–Trinajstić information content (AvgIpc) is 2.82. The van der Waals surface area contributed by atoms with Gasteiger partial charge in [0.2, 0.25) is 0 Å². The maximum atomic E-state index is 12.3. The first-order chi connectivity index (χ1) is 17.2. The summed E-state index contributed by atoms with van der Waals surface area (Å²) in [5.74, 6) is -0.556. The summed E-state index contributed by atoms with van der Waals surface area (Å²) in [4.78, 5) is 35.7. The summed E-state index contributed by atoms with van der Waals surface area (Å²) in [7, 11) is -2.79. The quantitative estimate of drug-likeness (QED) is 0.104. The van der Waals surface area contributed by atoms with E-state index in [9.17, 15) is 14.4 Å². The van der Waals surface area contributed by atoms with Crippen molar-refractivity contribution in [3.05, 3.63) is 35.9 Å². The second-order valence-corrected chi connectivity index (χ2v) is 10.2. The summed E-state index contributed by atoms with van der Waals surface area (Å²) >= 11 is 0. The minimum atomic E-state index is -2.79. The van der Waals surface area contributed by atoms with Crippen molar-refractivity contribution in [2.75, 3.05) is 50.3 Å². The number of rotatable bonds is 16. The fraction of sp³-hybridized carbons (Fsp3) is 0.542. The minimum Gasteiger partial charge on any atom is -0.459 e. The molecule has 0 aliphatic heterocycles. The molecule has 0 fully saturated rings. The van der Waals surface area contributed by atoms with Crippen LogP contribution in [0.2, 0.25) is 6.04 Å². The van der Waals surface area contributed by atoms with E-state index in [-0.39, 0.29) is 25.4 Å². The molecule has 1 aromatic carbocycles. The number of hydrogen-bond acceptors (Lipinski definition) is 9. The van der Waals surface area contributed by atoms with Gasteiger partial charge >= 0.3 is 27.0 Å². The van der Waals surface area contributed by atoms with Gasteiger partial charge in [-0.25, -0.2) is 14.4 Å². The van der Waals surface area contributed by atoms with E-state index in [1.54, 1.807) is 25.1 Å².